The van der Waals surface area contributed by atoms with Crippen LogP contribution in [0.4, 0.5) is 10.5 Å². The van der Waals surface area contributed by atoms with E-state index in [-0.39, 0.29) is 18.0 Å². The number of piperidine rings is 1. The van der Waals surface area contributed by atoms with E-state index in [2.05, 4.69) is 20.8 Å². The minimum absolute atomic E-state index is 0.0121. The number of anilines is 1. The molecule has 2 aromatic rings. The van der Waals surface area contributed by atoms with E-state index >= 15 is 0 Å². The van der Waals surface area contributed by atoms with Gasteiger partial charge >= 0.3 is 6.03 Å². The van der Waals surface area contributed by atoms with Crippen LogP contribution in [0.5, 0.6) is 0 Å². The molecular weight excluding hydrogens is 294 g/mol. The van der Waals surface area contributed by atoms with Crippen LogP contribution in [0, 0.1) is 0 Å². The molecule has 0 spiro atoms. The van der Waals surface area contributed by atoms with Crippen molar-refractivity contribution < 1.29 is 9.59 Å². The van der Waals surface area contributed by atoms with Gasteiger partial charge in [0.15, 0.2) is 0 Å². The highest BCUT2D eigenvalue weighted by Crippen LogP contribution is 2.19. The number of aromatic nitrogens is 2. The lowest BCUT2D eigenvalue weighted by Gasteiger charge is -2.30. The van der Waals surface area contributed by atoms with Gasteiger partial charge < -0.3 is 15.5 Å². The number of benzene rings is 1. The average molecular weight is 313 g/mol. The minimum atomic E-state index is -0.257. The maximum atomic E-state index is 12.0. The van der Waals surface area contributed by atoms with Gasteiger partial charge in [-0.2, -0.15) is 5.10 Å². The number of carbonyl (C=O) groups excluding carboxylic acids is 2. The highest BCUT2D eigenvalue weighted by Gasteiger charge is 2.23. The fraction of sp³-hybridized carbons (Fsp3) is 0.312. The number of nitrogens with one attached hydrogen (secondary N) is 3. The molecular formula is C16H19N5O2. The molecule has 3 rings (SSSR count). The summed E-state index contributed by atoms with van der Waals surface area (Å²) in [5.41, 5.74) is 2.64. The standard InChI is InChI=1S/C16H19N5O2/c1-21-10-13(6-7-15(21)22)19-16(23)18-12-4-2-11(3-5-12)14-8-9-17-20-14/h2-5,8-9,13H,6-7,10H2,1H3,(H,17,20)(H2,18,19,23)/t13-/m0/s1. The van der Waals surface area contributed by atoms with E-state index < -0.39 is 0 Å². The van der Waals surface area contributed by atoms with Crippen LogP contribution in [0.1, 0.15) is 12.8 Å². The van der Waals surface area contributed by atoms with Crippen molar-refractivity contribution >= 4 is 17.6 Å². The van der Waals surface area contributed by atoms with Crippen molar-refractivity contribution in [3.63, 3.8) is 0 Å². The van der Waals surface area contributed by atoms with Crippen LogP contribution in [0.2, 0.25) is 0 Å². The zero-order chi connectivity index (χ0) is 16.2. The smallest absolute Gasteiger partial charge is 0.319 e. The second kappa shape index (κ2) is 6.51. The van der Waals surface area contributed by atoms with E-state index in [9.17, 15) is 9.59 Å². The lowest BCUT2D eigenvalue weighted by atomic mass is 10.1. The molecule has 7 nitrogen and oxygen atoms in total. The number of hydrogen-bond donors (Lipinski definition) is 3. The summed E-state index contributed by atoms with van der Waals surface area (Å²) in [6.45, 7) is 0.547. The molecule has 0 unspecified atom stereocenters. The van der Waals surface area contributed by atoms with Crippen LogP contribution in [0.15, 0.2) is 36.5 Å². The molecule has 1 saturated heterocycles. The van der Waals surface area contributed by atoms with Crippen LogP contribution in [0.25, 0.3) is 11.3 Å². The van der Waals surface area contributed by atoms with Crippen LogP contribution in [-0.2, 0) is 4.79 Å². The molecule has 0 radical (unpaired) electrons. The summed E-state index contributed by atoms with van der Waals surface area (Å²) in [6.07, 6.45) is 2.84. The van der Waals surface area contributed by atoms with Gasteiger partial charge in [0.1, 0.15) is 0 Å². The Balaban J connectivity index is 1.55. The van der Waals surface area contributed by atoms with Crippen molar-refractivity contribution in [1.82, 2.24) is 20.4 Å². The number of aromatic amines is 1. The lowest BCUT2D eigenvalue weighted by Crippen LogP contribution is -2.49. The third kappa shape index (κ3) is 3.68. The molecule has 1 atom stereocenters. The zero-order valence-electron chi connectivity index (χ0n) is 12.9. The molecule has 7 heteroatoms. The molecule has 0 bridgehead atoms. The Morgan fingerprint density at radius 1 is 1.30 bits per heavy atom. The van der Waals surface area contributed by atoms with Gasteiger partial charge in [0.2, 0.25) is 5.91 Å². The van der Waals surface area contributed by atoms with E-state index in [0.717, 1.165) is 11.3 Å². The van der Waals surface area contributed by atoms with Crippen molar-refractivity contribution in [2.75, 3.05) is 18.9 Å². The molecule has 23 heavy (non-hydrogen) atoms. The molecule has 2 heterocycles. The first-order valence-corrected chi connectivity index (χ1v) is 7.53. The van der Waals surface area contributed by atoms with Gasteiger partial charge in [-0.05, 0) is 30.2 Å². The number of rotatable bonds is 3. The van der Waals surface area contributed by atoms with E-state index in [4.69, 9.17) is 0 Å². The van der Waals surface area contributed by atoms with Gasteiger partial charge in [-0.1, -0.05) is 12.1 Å². The average Bonchev–Trinajstić information content (AvgIpc) is 3.06. The number of likely N-dealkylation sites (tertiary alicyclic amines) is 1. The molecule has 3 amide bonds. The molecule has 0 aliphatic carbocycles. The van der Waals surface area contributed by atoms with E-state index in [0.29, 0.717) is 25.1 Å². The van der Waals surface area contributed by atoms with E-state index in [1.165, 1.54) is 0 Å². The minimum Gasteiger partial charge on any atom is -0.344 e. The van der Waals surface area contributed by atoms with E-state index in [1.807, 2.05) is 30.3 Å². The second-order valence-electron chi connectivity index (χ2n) is 5.66. The van der Waals surface area contributed by atoms with Crippen molar-refractivity contribution in [2.45, 2.75) is 18.9 Å². The van der Waals surface area contributed by atoms with Gasteiger partial charge in [0, 0.05) is 37.9 Å². The highest BCUT2D eigenvalue weighted by atomic mass is 16.2. The molecule has 1 aromatic heterocycles. The summed E-state index contributed by atoms with van der Waals surface area (Å²) in [4.78, 5) is 25.1. The Hall–Kier alpha value is -2.83. The topological polar surface area (TPSA) is 90.1 Å². The maximum Gasteiger partial charge on any atom is 0.319 e. The summed E-state index contributed by atoms with van der Waals surface area (Å²) in [6, 6.07) is 9.12. The lowest BCUT2D eigenvalue weighted by molar-refractivity contribution is -0.132. The first kappa shape index (κ1) is 15.1. The Morgan fingerprint density at radius 2 is 2.09 bits per heavy atom. The molecule has 1 fully saturated rings. The first-order valence-electron chi connectivity index (χ1n) is 7.53. The molecule has 3 N–H and O–H groups in total. The van der Waals surface area contributed by atoms with Gasteiger partial charge in [0.05, 0.1) is 5.69 Å². The molecule has 1 aliphatic heterocycles. The Kier molecular flexibility index (Phi) is 4.27. The van der Waals surface area contributed by atoms with Gasteiger partial charge in [-0.3, -0.25) is 9.89 Å². The number of likely N-dealkylation sites (N-methyl/N-ethyl adjacent to an activating group) is 1. The van der Waals surface area contributed by atoms with Crippen molar-refractivity contribution in [1.29, 1.82) is 0 Å². The van der Waals surface area contributed by atoms with Crippen molar-refractivity contribution in [3.05, 3.63) is 36.5 Å². The van der Waals surface area contributed by atoms with Crippen LogP contribution >= 0.6 is 0 Å². The fourth-order valence-electron chi connectivity index (χ4n) is 2.63. The van der Waals surface area contributed by atoms with Crippen LogP contribution in [-0.4, -0.2) is 46.7 Å². The Labute approximate surface area is 134 Å². The predicted octanol–water partition coefficient (Wildman–Crippen LogP) is 1.82. The third-order valence-corrected chi connectivity index (χ3v) is 3.92. The number of nitrogens with zero attached hydrogens (tertiary/aromatic N) is 2. The normalized spacial score (nSPS) is 17.9. The summed E-state index contributed by atoms with van der Waals surface area (Å²) < 4.78 is 0. The maximum absolute atomic E-state index is 12.0. The second-order valence-corrected chi connectivity index (χ2v) is 5.66. The van der Waals surface area contributed by atoms with E-state index in [1.54, 1.807) is 18.1 Å². The Bertz CT molecular complexity index is 681. The fourth-order valence-corrected chi connectivity index (χ4v) is 2.63. The molecule has 1 aliphatic rings. The molecule has 0 saturated carbocycles. The largest absolute Gasteiger partial charge is 0.344 e. The summed E-state index contributed by atoms with van der Waals surface area (Å²) >= 11 is 0. The highest BCUT2D eigenvalue weighted by molar-refractivity contribution is 5.90. The SMILES string of the molecule is CN1C[C@@H](NC(=O)Nc2ccc(-c3ccn[nH]3)cc2)CCC1=O. The molecule has 1 aromatic carbocycles. The van der Waals surface area contributed by atoms with Gasteiger partial charge in [0.25, 0.3) is 0 Å². The van der Waals surface area contributed by atoms with Crippen LogP contribution in [0.3, 0.4) is 0 Å². The number of urea groups is 1. The third-order valence-electron chi connectivity index (χ3n) is 3.92. The monoisotopic (exact) mass is 313 g/mol. The summed E-state index contributed by atoms with van der Waals surface area (Å²) in [7, 11) is 1.75. The van der Waals surface area contributed by atoms with Crippen molar-refractivity contribution in [3.8, 4) is 11.3 Å². The Morgan fingerprint density at radius 3 is 2.74 bits per heavy atom. The van der Waals surface area contributed by atoms with Gasteiger partial charge in [-0.15, -0.1) is 0 Å². The predicted molar refractivity (Wildman–Crippen MR) is 86.8 cm³/mol. The number of hydrogen-bond acceptors (Lipinski definition) is 3. The van der Waals surface area contributed by atoms with Gasteiger partial charge in [-0.25, -0.2) is 4.79 Å². The number of H-pyrrole nitrogens is 1. The number of carbonyl (C=O) groups is 2. The van der Waals surface area contributed by atoms with Crippen molar-refractivity contribution in [2.24, 2.45) is 0 Å². The first-order chi connectivity index (χ1) is 11.1. The summed E-state index contributed by atoms with van der Waals surface area (Å²) in [5.74, 6) is 0.123. The zero-order valence-corrected chi connectivity index (χ0v) is 12.9. The molecule has 120 valence electrons. The number of amides is 3. The van der Waals surface area contributed by atoms with Crippen LogP contribution < -0.4 is 10.6 Å². The summed E-state index contributed by atoms with van der Waals surface area (Å²) in [5, 5.41) is 12.5. The quantitative estimate of drug-likeness (QED) is 0.807.